The van der Waals surface area contributed by atoms with E-state index in [0.29, 0.717) is 6.42 Å². The Morgan fingerprint density at radius 1 is 1.44 bits per heavy atom. The molecule has 0 aromatic rings. The summed E-state index contributed by atoms with van der Waals surface area (Å²) in [6.45, 7) is 4.28. The zero-order valence-corrected chi connectivity index (χ0v) is 10.4. The minimum Gasteiger partial charge on any atom is -0.375 e. The fourth-order valence-corrected chi connectivity index (χ4v) is 2.96. The second-order valence-corrected chi connectivity index (χ2v) is 5.47. The number of amides is 1. The topological polar surface area (TPSA) is 41.6 Å². The predicted molar refractivity (Wildman–Crippen MR) is 65.7 cm³/mol. The largest absolute Gasteiger partial charge is 0.375 e. The third-order valence-electron chi connectivity index (χ3n) is 2.98. The van der Waals surface area contributed by atoms with E-state index in [1.165, 1.54) is 5.75 Å². The maximum absolute atomic E-state index is 12.0. The van der Waals surface area contributed by atoms with Crippen molar-refractivity contribution in [3.05, 3.63) is 0 Å². The first-order valence-corrected chi connectivity index (χ1v) is 7.19. The summed E-state index contributed by atoms with van der Waals surface area (Å²) >= 11 is 1.95. The number of carbonyl (C=O) groups excluding carboxylic acids is 1. The molecule has 0 aromatic carbocycles. The molecule has 2 rings (SSSR count). The van der Waals surface area contributed by atoms with E-state index < -0.39 is 0 Å². The first kappa shape index (κ1) is 12.2. The predicted octanol–water partition coefficient (Wildman–Crippen LogP) is 0.330. The van der Waals surface area contributed by atoms with Crippen LogP contribution in [0.4, 0.5) is 0 Å². The summed E-state index contributed by atoms with van der Waals surface area (Å²) in [7, 11) is 0. The van der Waals surface area contributed by atoms with E-state index in [-0.39, 0.29) is 12.0 Å². The van der Waals surface area contributed by atoms with Crippen molar-refractivity contribution in [2.75, 3.05) is 44.3 Å². The number of nitrogens with one attached hydrogen (secondary N) is 1. The van der Waals surface area contributed by atoms with Crippen LogP contribution in [0.3, 0.4) is 0 Å². The third-order valence-corrected chi connectivity index (χ3v) is 4.03. The first-order valence-electron chi connectivity index (χ1n) is 6.04. The molecule has 2 saturated heterocycles. The number of morpholine rings is 1. The second kappa shape index (κ2) is 6.47. The minimum atomic E-state index is 0.0807. The smallest absolute Gasteiger partial charge is 0.225 e. The highest BCUT2D eigenvalue weighted by atomic mass is 32.2. The summed E-state index contributed by atoms with van der Waals surface area (Å²) in [4.78, 5) is 14.0. The van der Waals surface area contributed by atoms with Gasteiger partial charge in [0.25, 0.3) is 0 Å². The van der Waals surface area contributed by atoms with Crippen molar-refractivity contribution in [1.29, 1.82) is 0 Å². The van der Waals surface area contributed by atoms with Gasteiger partial charge in [-0.05, 0) is 12.2 Å². The van der Waals surface area contributed by atoms with Gasteiger partial charge in [-0.2, -0.15) is 11.8 Å². The lowest BCUT2D eigenvalue weighted by atomic mass is 10.2. The summed E-state index contributed by atoms with van der Waals surface area (Å²) in [6, 6.07) is 0. The fourth-order valence-electron chi connectivity index (χ4n) is 2.07. The van der Waals surface area contributed by atoms with Gasteiger partial charge >= 0.3 is 0 Å². The lowest BCUT2D eigenvalue weighted by Crippen LogP contribution is -2.43. The Hall–Kier alpha value is -0.260. The lowest BCUT2D eigenvalue weighted by Gasteiger charge is -2.26. The van der Waals surface area contributed by atoms with Gasteiger partial charge in [-0.15, -0.1) is 0 Å². The highest BCUT2D eigenvalue weighted by Crippen LogP contribution is 2.12. The monoisotopic (exact) mass is 244 g/mol. The van der Waals surface area contributed by atoms with Crippen LogP contribution in [0, 0.1) is 0 Å². The van der Waals surface area contributed by atoms with Gasteiger partial charge in [0, 0.05) is 31.9 Å². The Morgan fingerprint density at radius 2 is 2.38 bits per heavy atom. The molecule has 5 heteroatoms. The Balaban J connectivity index is 1.76. The molecular formula is C11H20N2O2S. The number of thioether (sulfide) groups is 1. The van der Waals surface area contributed by atoms with E-state index in [4.69, 9.17) is 4.74 Å². The molecular weight excluding hydrogens is 224 g/mol. The molecule has 16 heavy (non-hydrogen) atoms. The molecule has 0 radical (unpaired) electrons. The molecule has 2 heterocycles. The van der Waals surface area contributed by atoms with Crippen LogP contribution in [-0.2, 0) is 9.53 Å². The number of hydrogen-bond acceptors (Lipinski definition) is 4. The van der Waals surface area contributed by atoms with Crippen LogP contribution in [0.15, 0.2) is 0 Å². The number of nitrogens with zero attached hydrogens (tertiary/aromatic N) is 1. The van der Waals surface area contributed by atoms with E-state index in [0.717, 1.165) is 45.0 Å². The van der Waals surface area contributed by atoms with Crippen LogP contribution in [0.5, 0.6) is 0 Å². The Labute approximate surface area is 101 Å². The van der Waals surface area contributed by atoms with Gasteiger partial charge in [-0.1, -0.05) is 0 Å². The van der Waals surface area contributed by atoms with Gasteiger partial charge in [0.1, 0.15) is 0 Å². The molecule has 0 spiro atoms. The van der Waals surface area contributed by atoms with Crippen LogP contribution in [0.1, 0.15) is 12.8 Å². The molecule has 1 N–H and O–H groups in total. The van der Waals surface area contributed by atoms with Crippen molar-refractivity contribution >= 4 is 17.7 Å². The minimum absolute atomic E-state index is 0.0807. The van der Waals surface area contributed by atoms with Crippen LogP contribution >= 0.6 is 11.8 Å². The number of hydrogen-bond donors (Lipinski definition) is 1. The number of ether oxygens (including phenoxy) is 1. The average molecular weight is 244 g/mol. The van der Waals surface area contributed by atoms with E-state index >= 15 is 0 Å². The molecule has 0 aliphatic carbocycles. The van der Waals surface area contributed by atoms with Gasteiger partial charge in [0.15, 0.2) is 0 Å². The van der Waals surface area contributed by atoms with Crippen molar-refractivity contribution in [3.8, 4) is 0 Å². The summed E-state index contributed by atoms with van der Waals surface area (Å²) in [5, 5.41) is 3.26. The van der Waals surface area contributed by atoms with E-state index in [1.54, 1.807) is 0 Å². The zero-order valence-electron chi connectivity index (χ0n) is 9.61. The maximum atomic E-state index is 12.0. The highest BCUT2D eigenvalue weighted by Gasteiger charge is 2.21. The average Bonchev–Trinajstić information content (AvgIpc) is 2.59. The first-order chi connectivity index (χ1) is 7.86. The van der Waals surface area contributed by atoms with Crippen molar-refractivity contribution in [1.82, 2.24) is 10.2 Å². The molecule has 2 aliphatic rings. The molecule has 92 valence electrons. The van der Waals surface area contributed by atoms with Crippen molar-refractivity contribution in [2.45, 2.75) is 18.9 Å². The highest BCUT2D eigenvalue weighted by molar-refractivity contribution is 7.99. The Bertz CT molecular complexity index is 224. The molecule has 1 atom stereocenters. The third kappa shape index (κ3) is 3.64. The van der Waals surface area contributed by atoms with Gasteiger partial charge < -0.3 is 15.0 Å². The molecule has 0 aromatic heterocycles. The van der Waals surface area contributed by atoms with Gasteiger partial charge in [0.05, 0.1) is 19.1 Å². The van der Waals surface area contributed by atoms with Gasteiger partial charge in [0.2, 0.25) is 5.91 Å². The van der Waals surface area contributed by atoms with E-state index in [1.807, 2.05) is 16.7 Å². The Morgan fingerprint density at radius 3 is 3.19 bits per heavy atom. The zero-order chi connectivity index (χ0) is 11.2. The molecule has 2 fully saturated rings. The molecule has 1 unspecified atom stereocenters. The number of carbonyl (C=O) groups is 1. The van der Waals surface area contributed by atoms with E-state index in [9.17, 15) is 4.79 Å². The molecule has 0 bridgehead atoms. The number of rotatable bonds is 2. The normalized spacial score (nSPS) is 27.5. The fraction of sp³-hybridized carbons (Fsp3) is 0.909. The molecule has 0 saturated carbocycles. The standard InChI is InChI=1S/C11H20N2O2S/c14-11(8-10-9-12-2-5-15-10)13-3-1-6-16-7-4-13/h10,12H,1-9H2. The van der Waals surface area contributed by atoms with E-state index in [2.05, 4.69) is 5.32 Å². The van der Waals surface area contributed by atoms with Crippen molar-refractivity contribution in [2.24, 2.45) is 0 Å². The van der Waals surface area contributed by atoms with Crippen LogP contribution in [0.25, 0.3) is 0 Å². The SMILES string of the molecule is O=C(CC1CNCCO1)N1CCCSCC1. The van der Waals surface area contributed by atoms with Crippen LogP contribution in [-0.4, -0.2) is 61.2 Å². The lowest BCUT2D eigenvalue weighted by molar-refractivity contribution is -0.134. The van der Waals surface area contributed by atoms with Gasteiger partial charge in [-0.25, -0.2) is 0 Å². The summed E-state index contributed by atoms with van der Waals surface area (Å²) < 4.78 is 5.56. The van der Waals surface area contributed by atoms with Crippen LogP contribution in [0.2, 0.25) is 0 Å². The quantitative estimate of drug-likeness (QED) is 0.760. The summed E-state index contributed by atoms with van der Waals surface area (Å²) in [5.41, 5.74) is 0. The summed E-state index contributed by atoms with van der Waals surface area (Å²) in [5.74, 6) is 2.53. The molecule has 1 amide bonds. The van der Waals surface area contributed by atoms with Crippen molar-refractivity contribution in [3.63, 3.8) is 0 Å². The maximum Gasteiger partial charge on any atom is 0.225 e. The summed E-state index contributed by atoms with van der Waals surface area (Å²) in [6.07, 6.45) is 1.75. The second-order valence-electron chi connectivity index (χ2n) is 4.25. The molecule has 2 aliphatic heterocycles. The molecule has 4 nitrogen and oxygen atoms in total. The van der Waals surface area contributed by atoms with Crippen molar-refractivity contribution < 1.29 is 9.53 Å². The van der Waals surface area contributed by atoms with Gasteiger partial charge in [-0.3, -0.25) is 4.79 Å². The Kier molecular flexibility index (Phi) is 4.93. The van der Waals surface area contributed by atoms with Crippen LogP contribution < -0.4 is 5.32 Å².